The Hall–Kier alpha value is -1.84. The van der Waals surface area contributed by atoms with Crippen molar-refractivity contribution in [2.24, 2.45) is 5.73 Å². The Morgan fingerprint density at radius 2 is 1.89 bits per heavy atom. The van der Waals surface area contributed by atoms with Crippen molar-refractivity contribution in [3.8, 4) is 0 Å². The number of carboxylic acids is 1. The minimum atomic E-state index is -3.21. The maximum atomic E-state index is 11.3. The zero-order chi connectivity index (χ0) is 15.1. The van der Waals surface area contributed by atoms with E-state index < -0.39 is 33.8 Å². The summed E-state index contributed by atoms with van der Waals surface area (Å²) >= 11 is 0. The molecule has 9 nitrogen and oxygen atoms in total. The van der Waals surface area contributed by atoms with Crippen LogP contribution in [-0.2, 0) is 19.4 Å². The number of hydrogen-bond acceptors (Lipinski definition) is 5. The first kappa shape index (κ1) is 17.2. The van der Waals surface area contributed by atoms with Gasteiger partial charge in [-0.1, -0.05) is 0 Å². The van der Waals surface area contributed by atoms with Gasteiger partial charge in [-0.2, -0.15) is 0 Å². The fourth-order valence-corrected chi connectivity index (χ4v) is 1.58. The number of rotatable bonds is 8. The highest BCUT2D eigenvalue weighted by Gasteiger charge is 2.20. The highest BCUT2D eigenvalue weighted by Crippen LogP contribution is 1.97. The lowest BCUT2D eigenvalue weighted by atomic mass is 10.1. The normalized spacial score (nSPS) is 12.5. The van der Waals surface area contributed by atoms with E-state index in [0.29, 0.717) is 0 Å². The summed E-state index contributed by atoms with van der Waals surface area (Å²) < 4.78 is 21.6. The van der Waals surface area contributed by atoms with Gasteiger partial charge in [-0.15, -0.1) is 0 Å². The molecular weight excluding hydrogens is 278 g/mol. The van der Waals surface area contributed by atoms with Gasteiger partial charge in [0.05, 0.1) is 5.75 Å². The molecule has 0 saturated heterocycles. The molecule has 0 saturated carbocycles. The van der Waals surface area contributed by atoms with Crippen molar-refractivity contribution in [3.63, 3.8) is 0 Å². The Morgan fingerprint density at radius 1 is 1.32 bits per heavy atom. The Labute approximate surface area is 110 Å². The lowest BCUT2D eigenvalue weighted by molar-refractivity contribution is -0.139. The summed E-state index contributed by atoms with van der Waals surface area (Å²) in [4.78, 5) is 32.6. The first-order valence-electron chi connectivity index (χ1n) is 5.35. The molecule has 0 heterocycles. The molecule has 0 aliphatic rings. The Balaban J connectivity index is 4.17. The van der Waals surface area contributed by atoms with Crippen LogP contribution < -0.4 is 16.4 Å². The van der Waals surface area contributed by atoms with Gasteiger partial charge < -0.3 is 21.5 Å². The van der Waals surface area contributed by atoms with Crippen LogP contribution in [0.15, 0.2) is 0 Å². The van der Waals surface area contributed by atoms with Crippen molar-refractivity contribution >= 4 is 27.7 Å². The summed E-state index contributed by atoms with van der Waals surface area (Å²) in [6, 6.07) is -2.08. The highest BCUT2D eigenvalue weighted by molar-refractivity contribution is 7.90. The van der Waals surface area contributed by atoms with E-state index in [4.69, 9.17) is 10.8 Å². The number of aliphatic carboxylic acids is 1. The molecular formula is C9H17N3O6S. The second-order valence-electron chi connectivity index (χ2n) is 3.93. The van der Waals surface area contributed by atoms with Gasteiger partial charge in [0.15, 0.2) is 0 Å². The van der Waals surface area contributed by atoms with E-state index in [1.165, 1.54) is 0 Å². The molecule has 10 heteroatoms. The number of amides is 3. The molecule has 0 aliphatic carbocycles. The molecule has 5 N–H and O–H groups in total. The number of carbonyl (C=O) groups excluding carboxylic acids is 2. The first-order valence-corrected chi connectivity index (χ1v) is 7.41. The van der Waals surface area contributed by atoms with Gasteiger partial charge in [0, 0.05) is 19.2 Å². The Kier molecular flexibility index (Phi) is 6.83. The predicted octanol–water partition coefficient (Wildman–Crippen LogP) is -1.95. The predicted molar refractivity (Wildman–Crippen MR) is 66.1 cm³/mol. The summed E-state index contributed by atoms with van der Waals surface area (Å²) in [7, 11) is -3.21. The Bertz CT molecular complexity index is 447. The maximum Gasteiger partial charge on any atom is 0.326 e. The maximum absolute atomic E-state index is 11.3. The van der Waals surface area contributed by atoms with E-state index in [2.05, 4.69) is 10.6 Å². The number of urea groups is 1. The van der Waals surface area contributed by atoms with Gasteiger partial charge >= 0.3 is 12.0 Å². The number of carbonyl (C=O) groups is 3. The minimum absolute atomic E-state index is 0.132. The average molecular weight is 295 g/mol. The molecule has 0 aromatic rings. The van der Waals surface area contributed by atoms with Crippen LogP contribution in [0, 0.1) is 0 Å². The third-order valence-corrected chi connectivity index (χ3v) is 2.99. The molecule has 110 valence electrons. The topological polar surface area (TPSA) is 156 Å². The second-order valence-corrected chi connectivity index (χ2v) is 6.19. The number of hydrogen-bond donors (Lipinski definition) is 4. The third-order valence-electron chi connectivity index (χ3n) is 2.04. The molecule has 0 spiro atoms. The summed E-state index contributed by atoms with van der Waals surface area (Å²) in [5.41, 5.74) is 4.87. The van der Waals surface area contributed by atoms with Crippen LogP contribution >= 0.6 is 0 Å². The zero-order valence-electron chi connectivity index (χ0n) is 10.4. The van der Waals surface area contributed by atoms with Gasteiger partial charge in [-0.05, 0) is 6.42 Å². The molecule has 0 aliphatic heterocycles. The molecule has 0 rings (SSSR count). The average Bonchev–Trinajstić information content (AvgIpc) is 2.21. The van der Waals surface area contributed by atoms with E-state index >= 15 is 0 Å². The lowest BCUT2D eigenvalue weighted by Gasteiger charge is -2.14. The van der Waals surface area contributed by atoms with Crippen LogP contribution in [0.2, 0.25) is 0 Å². The van der Waals surface area contributed by atoms with E-state index in [1.807, 2.05) is 0 Å². The van der Waals surface area contributed by atoms with Crippen molar-refractivity contribution in [1.29, 1.82) is 0 Å². The van der Waals surface area contributed by atoms with Gasteiger partial charge in [-0.3, -0.25) is 4.79 Å². The summed E-state index contributed by atoms with van der Waals surface area (Å²) in [5.74, 6) is -2.23. The van der Waals surface area contributed by atoms with Gasteiger partial charge in [0.1, 0.15) is 15.9 Å². The zero-order valence-corrected chi connectivity index (χ0v) is 11.2. The molecule has 0 fully saturated rings. The van der Waals surface area contributed by atoms with Crippen molar-refractivity contribution in [3.05, 3.63) is 0 Å². The van der Waals surface area contributed by atoms with Crippen LogP contribution in [0.25, 0.3) is 0 Å². The van der Waals surface area contributed by atoms with Crippen LogP contribution in [0.3, 0.4) is 0 Å². The summed E-state index contributed by atoms with van der Waals surface area (Å²) in [5, 5.41) is 13.1. The van der Waals surface area contributed by atoms with Gasteiger partial charge in [0.25, 0.3) is 0 Å². The van der Waals surface area contributed by atoms with Crippen molar-refractivity contribution in [2.75, 3.05) is 18.6 Å². The van der Waals surface area contributed by atoms with Crippen molar-refractivity contribution in [2.45, 2.75) is 18.9 Å². The van der Waals surface area contributed by atoms with Crippen LogP contribution in [0.1, 0.15) is 12.8 Å². The van der Waals surface area contributed by atoms with E-state index in [9.17, 15) is 22.8 Å². The molecule has 0 radical (unpaired) electrons. The molecule has 0 unspecified atom stereocenters. The number of nitrogens with two attached hydrogens (primary N) is 1. The Morgan fingerprint density at radius 3 is 2.32 bits per heavy atom. The van der Waals surface area contributed by atoms with Gasteiger partial charge in [-0.25, -0.2) is 18.0 Å². The molecule has 19 heavy (non-hydrogen) atoms. The van der Waals surface area contributed by atoms with Crippen molar-refractivity contribution < 1.29 is 27.9 Å². The molecule has 0 aromatic heterocycles. The number of nitrogens with one attached hydrogen (secondary N) is 2. The smallest absolute Gasteiger partial charge is 0.326 e. The lowest BCUT2D eigenvalue weighted by Crippen LogP contribution is -2.47. The summed E-state index contributed by atoms with van der Waals surface area (Å²) in [6.07, 6.45) is 0.699. The molecule has 3 amide bonds. The fraction of sp³-hybridized carbons (Fsp3) is 0.667. The highest BCUT2D eigenvalue weighted by atomic mass is 32.2. The van der Waals surface area contributed by atoms with Crippen LogP contribution in [0.5, 0.6) is 0 Å². The largest absolute Gasteiger partial charge is 0.480 e. The number of carboxylic acid groups (broad SMARTS) is 1. The molecule has 0 aromatic carbocycles. The standard InChI is InChI=1S/C9H17N3O6S/c1-19(17,18)5-4-11-9(16)12-6(8(14)15)2-3-7(10)13/h6H,2-5H2,1H3,(H2,10,13)(H,14,15)(H2,11,12,16)/t6-/m0/s1. The van der Waals surface area contributed by atoms with E-state index in [-0.39, 0.29) is 25.1 Å². The fourth-order valence-electron chi connectivity index (χ4n) is 1.10. The number of sulfone groups is 1. The van der Waals surface area contributed by atoms with Crippen molar-refractivity contribution in [1.82, 2.24) is 10.6 Å². The van der Waals surface area contributed by atoms with E-state index in [1.54, 1.807) is 0 Å². The second kappa shape index (κ2) is 7.56. The quantitative estimate of drug-likeness (QED) is 0.407. The van der Waals surface area contributed by atoms with Gasteiger partial charge in [0.2, 0.25) is 5.91 Å². The summed E-state index contributed by atoms with van der Waals surface area (Å²) in [6.45, 7) is -0.132. The SMILES string of the molecule is CS(=O)(=O)CCNC(=O)N[C@@H](CCC(N)=O)C(=O)O. The van der Waals surface area contributed by atoms with Crippen LogP contribution in [-0.4, -0.2) is 56.0 Å². The first-order chi connectivity index (χ1) is 8.61. The third kappa shape index (κ3) is 9.83. The molecule has 1 atom stereocenters. The number of primary amides is 1. The minimum Gasteiger partial charge on any atom is -0.480 e. The van der Waals surface area contributed by atoms with E-state index in [0.717, 1.165) is 6.26 Å². The monoisotopic (exact) mass is 295 g/mol. The molecule has 0 bridgehead atoms. The van der Waals surface area contributed by atoms with Crippen LogP contribution in [0.4, 0.5) is 4.79 Å².